The van der Waals surface area contributed by atoms with Gasteiger partial charge in [0.25, 0.3) is 0 Å². The van der Waals surface area contributed by atoms with Crippen LogP contribution in [0.3, 0.4) is 0 Å². The zero-order valence-corrected chi connectivity index (χ0v) is 10.1. The van der Waals surface area contributed by atoms with E-state index in [4.69, 9.17) is 0 Å². The van der Waals surface area contributed by atoms with Crippen molar-refractivity contribution in [3.8, 4) is 0 Å². The molecule has 76 valence electrons. The fourth-order valence-electron chi connectivity index (χ4n) is 1.33. The Labute approximate surface area is 92.4 Å². The predicted octanol–water partition coefficient (Wildman–Crippen LogP) is 2.17. The van der Waals surface area contributed by atoms with E-state index in [1.165, 1.54) is 6.42 Å². The molecule has 0 aliphatic carbocycles. The molecule has 2 nitrogen and oxygen atoms in total. The first-order valence-corrected chi connectivity index (χ1v) is 6.97. The van der Waals surface area contributed by atoms with Crippen molar-refractivity contribution in [2.45, 2.75) is 30.9 Å². The molecule has 1 unspecified atom stereocenters. The van der Waals surface area contributed by atoms with Crippen LogP contribution in [0.1, 0.15) is 25.7 Å². The fourth-order valence-corrected chi connectivity index (χ4v) is 2.91. The van der Waals surface area contributed by atoms with E-state index in [2.05, 4.69) is 21.2 Å². The van der Waals surface area contributed by atoms with Gasteiger partial charge in [-0.15, -0.1) is 11.8 Å². The zero-order chi connectivity index (χ0) is 9.52. The topological polar surface area (TPSA) is 29.1 Å². The molecule has 0 aromatic rings. The molecule has 1 amide bonds. The van der Waals surface area contributed by atoms with Crippen molar-refractivity contribution in [2.24, 2.45) is 0 Å². The summed E-state index contributed by atoms with van der Waals surface area (Å²) in [6.45, 7) is 0.835. The Kier molecular flexibility index (Phi) is 5.87. The molecular formula is C9H16BrNOS. The highest BCUT2D eigenvalue weighted by Crippen LogP contribution is 2.25. The van der Waals surface area contributed by atoms with E-state index in [1.807, 2.05) is 0 Å². The molecule has 0 radical (unpaired) electrons. The number of unbranched alkanes of at least 4 members (excludes halogenated alkanes) is 1. The summed E-state index contributed by atoms with van der Waals surface area (Å²) in [5, 5.41) is 4.25. The first-order valence-electron chi connectivity index (χ1n) is 4.80. The summed E-state index contributed by atoms with van der Waals surface area (Å²) >= 11 is 5.16. The van der Waals surface area contributed by atoms with Crippen molar-refractivity contribution in [3.05, 3.63) is 0 Å². The number of hydrogen-bond acceptors (Lipinski definition) is 2. The van der Waals surface area contributed by atoms with E-state index >= 15 is 0 Å². The normalized spacial score (nSPS) is 21.8. The average molecular weight is 266 g/mol. The van der Waals surface area contributed by atoms with Crippen molar-refractivity contribution in [1.29, 1.82) is 0 Å². The van der Waals surface area contributed by atoms with Gasteiger partial charge in [0.2, 0.25) is 5.91 Å². The van der Waals surface area contributed by atoms with Gasteiger partial charge >= 0.3 is 0 Å². The van der Waals surface area contributed by atoms with Gasteiger partial charge in [-0.05, 0) is 31.4 Å². The number of alkyl halides is 1. The van der Waals surface area contributed by atoms with Crippen molar-refractivity contribution in [2.75, 3.05) is 17.6 Å². The highest BCUT2D eigenvalue weighted by Gasteiger charge is 2.22. The highest BCUT2D eigenvalue weighted by atomic mass is 79.9. The van der Waals surface area contributed by atoms with Crippen LogP contribution in [-0.4, -0.2) is 28.8 Å². The lowest BCUT2D eigenvalue weighted by Gasteiger charge is -2.08. The minimum atomic E-state index is 0.240. The SMILES string of the molecule is O=C(NCCCCBr)C1CCCS1. The summed E-state index contributed by atoms with van der Waals surface area (Å²) < 4.78 is 0. The van der Waals surface area contributed by atoms with Crippen LogP contribution in [0.25, 0.3) is 0 Å². The van der Waals surface area contributed by atoms with Gasteiger partial charge in [-0.2, -0.15) is 0 Å². The maximum atomic E-state index is 11.5. The Bertz CT molecular complexity index is 160. The fraction of sp³-hybridized carbons (Fsp3) is 0.889. The summed E-state index contributed by atoms with van der Waals surface area (Å²) in [5.41, 5.74) is 0. The maximum absolute atomic E-state index is 11.5. The molecule has 4 heteroatoms. The van der Waals surface area contributed by atoms with E-state index in [9.17, 15) is 4.79 Å². The van der Waals surface area contributed by atoms with Gasteiger partial charge in [0.1, 0.15) is 0 Å². The Balaban J connectivity index is 2.03. The Morgan fingerprint density at radius 2 is 2.38 bits per heavy atom. The van der Waals surface area contributed by atoms with Crippen LogP contribution in [0.2, 0.25) is 0 Å². The molecule has 1 rings (SSSR count). The summed E-state index contributed by atoms with van der Waals surface area (Å²) in [6.07, 6.45) is 4.48. The molecule has 1 aliphatic heterocycles. The second-order valence-corrected chi connectivity index (χ2v) is 5.29. The molecule has 1 N–H and O–H groups in total. The van der Waals surface area contributed by atoms with Crippen LogP contribution in [0, 0.1) is 0 Å². The van der Waals surface area contributed by atoms with Gasteiger partial charge in [0, 0.05) is 11.9 Å². The summed E-state index contributed by atoms with van der Waals surface area (Å²) in [6, 6.07) is 0. The summed E-state index contributed by atoms with van der Waals surface area (Å²) in [7, 11) is 0. The van der Waals surface area contributed by atoms with Crippen molar-refractivity contribution < 1.29 is 4.79 Å². The standard InChI is InChI=1S/C9H16BrNOS/c10-5-1-2-6-11-9(12)8-4-3-7-13-8/h8H,1-7H2,(H,11,12). The molecule has 0 spiro atoms. The molecule has 1 atom stereocenters. The Hall–Kier alpha value is 0.300. The number of carbonyl (C=O) groups is 1. The predicted molar refractivity (Wildman–Crippen MR) is 61.5 cm³/mol. The van der Waals surface area contributed by atoms with Crippen molar-refractivity contribution in [3.63, 3.8) is 0 Å². The third-order valence-corrected chi connectivity index (χ3v) is 4.02. The van der Waals surface area contributed by atoms with E-state index in [-0.39, 0.29) is 11.2 Å². The number of hydrogen-bond donors (Lipinski definition) is 1. The minimum Gasteiger partial charge on any atom is -0.355 e. The molecular weight excluding hydrogens is 250 g/mol. The first-order chi connectivity index (χ1) is 6.34. The molecule has 1 aliphatic rings. The zero-order valence-electron chi connectivity index (χ0n) is 7.72. The minimum absolute atomic E-state index is 0.240. The molecule has 1 fully saturated rings. The van der Waals surface area contributed by atoms with Gasteiger partial charge in [-0.25, -0.2) is 0 Å². The molecule has 0 aromatic heterocycles. The van der Waals surface area contributed by atoms with Crippen molar-refractivity contribution >= 4 is 33.6 Å². The Morgan fingerprint density at radius 1 is 1.54 bits per heavy atom. The molecule has 0 aromatic carbocycles. The monoisotopic (exact) mass is 265 g/mol. The number of amides is 1. The lowest BCUT2D eigenvalue weighted by Crippen LogP contribution is -2.32. The number of rotatable bonds is 5. The lowest BCUT2D eigenvalue weighted by atomic mass is 10.2. The van der Waals surface area contributed by atoms with E-state index in [0.717, 1.165) is 36.9 Å². The molecule has 0 saturated carbocycles. The van der Waals surface area contributed by atoms with Gasteiger partial charge in [-0.3, -0.25) is 4.79 Å². The number of nitrogens with one attached hydrogen (secondary N) is 1. The van der Waals surface area contributed by atoms with Gasteiger partial charge in [0.15, 0.2) is 0 Å². The van der Waals surface area contributed by atoms with Crippen LogP contribution in [-0.2, 0) is 4.79 Å². The molecule has 1 saturated heterocycles. The number of halogens is 1. The van der Waals surface area contributed by atoms with E-state index in [1.54, 1.807) is 11.8 Å². The third-order valence-electron chi connectivity index (χ3n) is 2.08. The van der Waals surface area contributed by atoms with Crippen LogP contribution in [0.5, 0.6) is 0 Å². The molecule has 13 heavy (non-hydrogen) atoms. The largest absolute Gasteiger partial charge is 0.355 e. The summed E-state index contributed by atoms with van der Waals surface area (Å²) in [5.74, 6) is 1.40. The summed E-state index contributed by atoms with van der Waals surface area (Å²) in [4.78, 5) is 11.5. The van der Waals surface area contributed by atoms with Crippen LogP contribution >= 0.6 is 27.7 Å². The van der Waals surface area contributed by atoms with Crippen molar-refractivity contribution in [1.82, 2.24) is 5.32 Å². The van der Waals surface area contributed by atoms with Gasteiger partial charge < -0.3 is 5.32 Å². The van der Waals surface area contributed by atoms with E-state index < -0.39 is 0 Å². The van der Waals surface area contributed by atoms with E-state index in [0.29, 0.717) is 0 Å². The highest BCUT2D eigenvalue weighted by molar-refractivity contribution is 9.09. The molecule has 0 bridgehead atoms. The Morgan fingerprint density at radius 3 is 3.00 bits per heavy atom. The van der Waals surface area contributed by atoms with Crippen LogP contribution < -0.4 is 5.32 Å². The number of thioether (sulfide) groups is 1. The quantitative estimate of drug-likeness (QED) is 0.610. The van der Waals surface area contributed by atoms with Crippen LogP contribution in [0.15, 0.2) is 0 Å². The smallest absolute Gasteiger partial charge is 0.233 e. The van der Waals surface area contributed by atoms with Gasteiger partial charge in [-0.1, -0.05) is 15.9 Å². The first kappa shape index (κ1) is 11.4. The van der Waals surface area contributed by atoms with Gasteiger partial charge in [0.05, 0.1) is 5.25 Å². The maximum Gasteiger partial charge on any atom is 0.233 e. The second-order valence-electron chi connectivity index (χ2n) is 3.19. The third kappa shape index (κ3) is 4.36. The molecule has 1 heterocycles. The lowest BCUT2D eigenvalue weighted by molar-refractivity contribution is -0.120. The second kappa shape index (κ2) is 6.71. The number of carbonyl (C=O) groups excluding carboxylic acids is 1. The average Bonchev–Trinajstić information content (AvgIpc) is 2.65. The van der Waals surface area contributed by atoms with Crippen LogP contribution in [0.4, 0.5) is 0 Å².